The van der Waals surface area contributed by atoms with Gasteiger partial charge in [0.25, 0.3) is 11.8 Å². The number of amides is 2. The van der Waals surface area contributed by atoms with Gasteiger partial charge in [0.1, 0.15) is 22.8 Å². The van der Waals surface area contributed by atoms with E-state index in [1.807, 2.05) is 24.3 Å². The molecule has 0 spiro atoms. The van der Waals surface area contributed by atoms with Crippen molar-refractivity contribution < 1.29 is 23.5 Å². The topological polar surface area (TPSA) is 89.8 Å². The van der Waals surface area contributed by atoms with E-state index in [4.69, 9.17) is 13.9 Å². The van der Waals surface area contributed by atoms with Gasteiger partial charge in [-0.2, -0.15) is 0 Å². The van der Waals surface area contributed by atoms with Crippen LogP contribution in [0, 0.1) is 0 Å². The number of furan rings is 1. The molecule has 0 bridgehead atoms. The van der Waals surface area contributed by atoms with E-state index in [1.165, 1.54) is 0 Å². The van der Waals surface area contributed by atoms with Crippen LogP contribution in [0.1, 0.15) is 17.5 Å². The Kier molecular flexibility index (Phi) is 6.07. The Bertz CT molecular complexity index is 1230. The first-order valence-corrected chi connectivity index (χ1v) is 10.0. The van der Waals surface area contributed by atoms with Crippen LogP contribution >= 0.6 is 0 Å². The Balaban J connectivity index is 1.58. The Hall–Kier alpha value is -4.26. The summed E-state index contributed by atoms with van der Waals surface area (Å²) in [6.07, 6.45) is -0.788. The molecule has 1 atom stereocenters. The minimum atomic E-state index is -0.788. The number of benzene rings is 3. The zero-order chi connectivity index (χ0) is 22.5. The predicted molar refractivity (Wildman–Crippen MR) is 122 cm³/mol. The quantitative estimate of drug-likeness (QED) is 0.426. The number of nitrogens with one attached hydrogen (secondary N) is 2. The molecule has 4 aromatic rings. The zero-order valence-corrected chi connectivity index (χ0v) is 17.6. The normalized spacial score (nSPS) is 11.6. The van der Waals surface area contributed by atoms with Crippen LogP contribution < -0.4 is 20.1 Å². The van der Waals surface area contributed by atoms with Crippen molar-refractivity contribution >= 4 is 34.2 Å². The SMILES string of the molecule is COc1ccc(NC(=O)c2oc3ccccc3c2NC(=O)[C@H](C)Oc2ccccc2)cc1. The summed E-state index contributed by atoms with van der Waals surface area (Å²) in [5.74, 6) is 0.358. The highest BCUT2D eigenvalue weighted by Crippen LogP contribution is 2.32. The minimum Gasteiger partial charge on any atom is -0.497 e. The molecule has 162 valence electrons. The number of ether oxygens (including phenoxy) is 2. The summed E-state index contributed by atoms with van der Waals surface area (Å²) in [7, 11) is 1.57. The first kappa shape index (κ1) is 21.0. The number of para-hydroxylation sites is 2. The van der Waals surface area contributed by atoms with Crippen LogP contribution in [0.25, 0.3) is 11.0 Å². The molecule has 7 heteroatoms. The summed E-state index contributed by atoms with van der Waals surface area (Å²) in [4.78, 5) is 25.8. The highest BCUT2D eigenvalue weighted by atomic mass is 16.5. The lowest BCUT2D eigenvalue weighted by Gasteiger charge is -2.15. The lowest BCUT2D eigenvalue weighted by molar-refractivity contribution is -0.122. The Morgan fingerprint density at radius 3 is 2.25 bits per heavy atom. The third-order valence-corrected chi connectivity index (χ3v) is 4.82. The number of hydrogen-bond donors (Lipinski definition) is 2. The van der Waals surface area contributed by atoms with Crippen molar-refractivity contribution in [3.05, 3.63) is 84.6 Å². The number of hydrogen-bond acceptors (Lipinski definition) is 5. The summed E-state index contributed by atoms with van der Waals surface area (Å²) in [5.41, 5.74) is 1.34. The maximum Gasteiger partial charge on any atom is 0.293 e. The van der Waals surface area contributed by atoms with Crippen LogP contribution in [-0.2, 0) is 4.79 Å². The summed E-state index contributed by atoms with van der Waals surface area (Å²) >= 11 is 0. The van der Waals surface area contributed by atoms with Crippen LogP contribution in [0.2, 0.25) is 0 Å². The van der Waals surface area contributed by atoms with Gasteiger partial charge in [0.05, 0.1) is 7.11 Å². The number of carbonyl (C=O) groups is 2. The highest BCUT2D eigenvalue weighted by Gasteiger charge is 2.25. The van der Waals surface area contributed by atoms with Gasteiger partial charge < -0.3 is 24.5 Å². The van der Waals surface area contributed by atoms with E-state index in [-0.39, 0.29) is 5.76 Å². The Morgan fingerprint density at radius 2 is 1.53 bits per heavy atom. The van der Waals surface area contributed by atoms with Crippen molar-refractivity contribution in [1.29, 1.82) is 0 Å². The van der Waals surface area contributed by atoms with E-state index in [0.717, 1.165) is 0 Å². The van der Waals surface area contributed by atoms with Gasteiger partial charge in [0.15, 0.2) is 6.10 Å². The average Bonchev–Trinajstić information content (AvgIpc) is 3.18. The number of carbonyl (C=O) groups excluding carboxylic acids is 2. The van der Waals surface area contributed by atoms with Crippen molar-refractivity contribution in [3.63, 3.8) is 0 Å². The van der Waals surface area contributed by atoms with Crippen LogP contribution in [0.5, 0.6) is 11.5 Å². The third-order valence-electron chi connectivity index (χ3n) is 4.82. The zero-order valence-electron chi connectivity index (χ0n) is 17.6. The van der Waals surface area contributed by atoms with Gasteiger partial charge in [-0.3, -0.25) is 9.59 Å². The fourth-order valence-corrected chi connectivity index (χ4v) is 3.17. The second-order valence-corrected chi connectivity index (χ2v) is 7.05. The van der Waals surface area contributed by atoms with Crippen molar-refractivity contribution in [2.75, 3.05) is 17.7 Å². The number of fused-ring (bicyclic) bond motifs is 1. The molecule has 0 aliphatic rings. The molecular formula is C25H22N2O5. The first-order chi connectivity index (χ1) is 15.5. The molecular weight excluding hydrogens is 408 g/mol. The van der Waals surface area contributed by atoms with E-state index in [2.05, 4.69) is 10.6 Å². The number of anilines is 2. The standard InChI is InChI=1S/C25H22N2O5/c1-16(31-19-8-4-3-5-9-19)24(28)27-22-20-10-6-7-11-21(20)32-23(22)25(29)26-17-12-14-18(30-2)15-13-17/h3-16H,1-2H3,(H,26,29)(H,27,28)/t16-/m0/s1. The molecule has 0 saturated carbocycles. The lowest BCUT2D eigenvalue weighted by Crippen LogP contribution is -2.30. The van der Waals surface area contributed by atoms with Gasteiger partial charge in [0.2, 0.25) is 5.76 Å². The largest absolute Gasteiger partial charge is 0.497 e. The van der Waals surface area contributed by atoms with Gasteiger partial charge in [-0.15, -0.1) is 0 Å². The van der Waals surface area contributed by atoms with Crippen molar-refractivity contribution in [2.45, 2.75) is 13.0 Å². The number of methoxy groups -OCH3 is 1. The second kappa shape index (κ2) is 9.26. The van der Waals surface area contributed by atoms with E-state index < -0.39 is 17.9 Å². The van der Waals surface area contributed by atoms with Crippen LogP contribution in [0.4, 0.5) is 11.4 Å². The van der Waals surface area contributed by atoms with Gasteiger partial charge >= 0.3 is 0 Å². The summed E-state index contributed by atoms with van der Waals surface area (Å²) < 4.78 is 16.6. The molecule has 3 aromatic carbocycles. The molecule has 1 heterocycles. The molecule has 1 aromatic heterocycles. The van der Waals surface area contributed by atoms with Crippen LogP contribution in [0.3, 0.4) is 0 Å². The predicted octanol–water partition coefficient (Wildman–Crippen LogP) is 5.10. The molecule has 7 nitrogen and oxygen atoms in total. The van der Waals surface area contributed by atoms with Crippen LogP contribution in [0.15, 0.2) is 83.3 Å². The molecule has 32 heavy (non-hydrogen) atoms. The average molecular weight is 430 g/mol. The molecule has 0 saturated heterocycles. The third kappa shape index (κ3) is 4.57. The van der Waals surface area contributed by atoms with Gasteiger partial charge in [-0.25, -0.2) is 0 Å². The molecule has 4 rings (SSSR count). The van der Waals surface area contributed by atoms with Crippen molar-refractivity contribution in [3.8, 4) is 11.5 Å². The summed E-state index contributed by atoms with van der Waals surface area (Å²) in [5, 5.41) is 6.20. The highest BCUT2D eigenvalue weighted by molar-refractivity contribution is 6.15. The fourth-order valence-electron chi connectivity index (χ4n) is 3.17. The van der Waals surface area contributed by atoms with Gasteiger partial charge in [-0.1, -0.05) is 30.3 Å². The molecule has 0 radical (unpaired) electrons. The Labute approximate surface area is 184 Å². The monoisotopic (exact) mass is 430 g/mol. The van der Waals surface area contributed by atoms with Crippen LogP contribution in [-0.4, -0.2) is 25.0 Å². The van der Waals surface area contributed by atoms with E-state index in [0.29, 0.717) is 33.8 Å². The molecule has 0 aliphatic heterocycles. The van der Waals surface area contributed by atoms with E-state index in [1.54, 1.807) is 68.6 Å². The maximum atomic E-state index is 13.0. The van der Waals surface area contributed by atoms with Crippen molar-refractivity contribution in [1.82, 2.24) is 0 Å². The minimum absolute atomic E-state index is 0.00211. The Morgan fingerprint density at radius 1 is 0.844 bits per heavy atom. The molecule has 2 amide bonds. The molecule has 2 N–H and O–H groups in total. The molecule has 0 aliphatic carbocycles. The molecule has 0 unspecified atom stereocenters. The first-order valence-electron chi connectivity index (χ1n) is 10.0. The van der Waals surface area contributed by atoms with Gasteiger partial charge in [0, 0.05) is 11.1 Å². The fraction of sp³-hybridized carbons (Fsp3) is 0.120. The van der Waals surface area contributed by atoms with Gasteiger partial charge in [-0.05, 0) is 55.5 Å². The van der Waals surface area contributed by atoms with Crippen molar-refractivity contribution in [2.24, 2.45) is 0 Å². The second-order valence-electron chi connectivity index (χ2n) is 7.05. The van der Waals surface area contributed by atoms with E-state index in [9.17, 15) is 9.59 Å². The number of rotatable bonds is 7. The smallest absolute Gasteiger partial charge is 0.293 e. The van der Waals surface area contributed by atoms with E-state index >= 15 is 0 Å². The maximum absolute atomic E-state index is 13.0. The summed E-state index contributed by atoms with van der Waals surface area (Å²) in [6.45, 7) is 1.64. The molecule has 0 fully saturated rings. The summed E-state index contributed by atoms with van der Waals surface area (Å²) in [6, 6.07) is 23.1. The lowest BCUT2D eigenvalue weighted by atomic mass is 10.2.